The van der Waals surface area contributed by atoms with Gasteiger partial charge in [-0.2, -0.15) is 0 Å². The molecule has 0 radical (unpaired) electrons. The molecule has 0 unspecified atom stereocenters. The van der Waals surface area contributed by atoms with Gasteiger partial charge >= 0.3 is 0 Å². The molecule has 0 saturated heterocycles. The largest absolute Gasteiger partial charge is 0.490 e. The van der Waals surface area contributed by atoms with Gasteiger partial charge < -0.3 is 14.8 Å². The number of nitrogens with one attached hydrogen (secondary N) is 1. The van der Waals surface area contributed by atoms with Gasteiger partial charge in [-0.25, -0.2) is 0 Å². The van der Waals surface area contributed by atoms with Crippen molar-refractivity contribution in [1.29, 1.82) is 0 Å². The molecule has 1 aliphatic heterocycles. The number of rotatable bonds is 6. The first-order valence-corrected chi connectivity index (χ1v) is 7.35. The second-order valence-corrected chi connectivity index (χ2v) is 5.53. The van der Waals surface area contributed by atoms with E-state index in [4.69, 9.17) is 9.47 Å². The molecular weight excluding hydrogens is 238 g/mol. The van der Waals surface area contributed by atoms with Gasteiger partial charge in [-0.05, 0) is 49.5 Å². The van der Waals surface area contributed by atoms with Gasteiger partial charge in [0.15, 0.2) is 11.5 Å². The maximum absolute atomic E-state index is 5.71. The minimum Gasteiger partial charge on any atom is -0.490 e. The molecule has 19 heavy (non-hydrogen) atoms. The van der Waals surface area contributed by atoms with Crippen LogP contribution in [0.2, 0.25) is 0 Å². The fraction of sp³-hybridized carbons (Fsp3) is 0.625. The second-order valence-electron chi connectivity index (χ2n) is 5.53. The van der Waals surface area contributed by atoms with E-state index in [9.17, 15) is 0 Å². The van der Waals surface area contributed by atoms with Crippen LogP contribution in [0.3, 0.4) is 0 Å². The lowest BCUT2D eigenvalue weighted by molar-refractivity contribution is 0.297. The molecule has 0 amide bonds. The maximum Gasteiger partial charge on any atom is 0.161 e. The molecule has 3 heteroatoms. The third-order valence-corrected chi connectivity index (χ3v) is 3.18. The molecule has 0 fully saturated rings. The van der Waals surface area contributed by atoms with Crippen LogP contribution >= 0.6 is 0 Å². The van der Waals surface area contributed by atoms with Crippen LogP contribution in [0, 0.1) is 5.92 Å². The smallest absolute Gasteiger partial charge is 0.161 e. The van der Waals surface area contributed by atoms with Gasteiger partial charge in [-0.3, -0.25) is 0 Å². The Bertz CT molecular complexity index is 390. The molecule has 0 aromatic heterocycles. The lowest BCUT2D eigenvalue weighted by Crippen LogP contribution is -2.21. The highest BCUT2D eigenvalue weighted by Crippen LogP contribution is 2.30. The zero-order valence-corrected chi connectivity index (χ0v) is 12.1. The summed E-state index contributed by atoms with van der Waals surface area (Å²) in [6.07, 6.45) is 3.21. The van der Waals surface area contributed by atoms with E-state index >= 15 is 0 Å². The molecule has 1 aliphatic rings. The summed E-state index contributed by atoms with van der Waals surface area (Å²) in [6, 6.07) is 6.32. The van der Waals surface area contributed by atoms with E-state index in [0.29, 0.717) is 0 Å². The summed E-state index contributed by atoms with van der Waals surface area (Å²) in [5, 5.41) is 3.47. The molecule has 0 spiro atoms. The molecule has 1 aromatic carbocycles. The number of hydrogen-bond acceptors (Lipinski definition) is 3. The Balaban J connectivity index is 1.79. The van der Waals surface area contributed by atoms with Crippen molar-refractivity contribution in [2.75, 3.05) is 26.3 Å². The molecule has 106 valence electrons. The van der Waals surface area contributed by atoms with E-state index in [-0.39, 0.29) is 0 Å². The summed E-state index contributed by atoms with van der Waals surface area (Å²) in [5.41, 5.74) is 1.33. The zero-order valence-electron chi connectivity index (χ0n) is 12.1. The highest BCUT2D eigenvalue weighted by atomic mass is 16.5. The van der Waals surface area contributed by atoms with E-state index in [1.807, 2.05) is 6.07 Å². The van der Waals surface area contributed by atoms with Crippen LogP contribution in [0.5, 0.6) is 11.5 Å². The van der Waals surface area contributed by atoms with Crippen LogP contribution < -0.4 is 14.8 Å². The van der Waals surface area contributed by atoms with E-state index in [1.54, 1.807) is 0 Å². The van der Waals surface area contributed by atoms with Gasteiger partial charge in [0, 0.05) is 6.42 Å². The summed E-state index contributed by atoms with van der Waals surface area (Å²) in [6.45, 7) is 8.15. The van der Waals surface area contributed by atoms with E-state index in [0.717, 1.165) is 63.0 Å². The number of ether oxygens (including phenoxy) is 2. The van der Waals surface area contributed by atoms with E-state index in [2.05, 4.69) is 31.3 Å². The van der Waals surface area contributed by atoms with E-state index in [1.165, 1.54) is 5.56 Å². The van der Waals surface area contributed by atoms with Crippen LogP contribution in [0.25, 0.3) is 0 Å². The van der Waals surface area contributed by atoms with Crippen molar-refractivity contribution in [2.24, 2.45) is 5.92 Å². The molecular formula is C16H25NO2. The van der Waals surface area contributed by atoms with Crippen molar-refractivity contribution in [3.63, 3.8) is 0 Å². The fourth-order valence-electron chi connectivity index (χ4n) is 2.17. The summed E-state index contributed by atoms with van der Waals surface area (Å²) in [4.78, 5) is 0. The monoisotopic (exact) mass is 263 g/mol. The molecule has 3 nitrogen and oxygen atoms in total. The van der Waals surface area contributed by atoms with Crippen molar-refractivity contribution >= 4 is 0 Å². The van der Waals surface area contributed by atoms with Crippen molar-refractivity contribution in [3.8, 4) is 11.5 Å². The number of fused-ring (bicyclic) bond motifs is 1. The van der Waals surface area contributed by atoms with Crippen LogP contribution in [-0.4, -0.2) is 26.3 Å². The molecule has 0 saturated carbocycles. The van der Waals surface area contributed by atoms with Crippen molar-refractivity contribution in [2.45, 2.75) is 33.1 Å². The zero-order chi connectivity index (χ0) is 13.5. The predicted molar refractivity (Wildman–Crippen MR) is 78.1 cm³/mol. The molecule has 0 aliphatic carbocycles. The first-order valence-electron chi connectivity index (χ1n) is 7.35. The number of hydrogen-bond donors (Lipinski definition) is 1. The van der Waals surface area contributed by atoms with Gasteiger partial charge in [-0.1, -0.05) is 19.9 Å². The molecule has 1 aromatic rings. The second kappa shape index (κ2) is 7.39. The Hall–Kier alpha value is -1.22. The Kier molecular flexibility index (Phi) is 5.52. The third kappa shape index (κ3) is 4.75. The molecule has 1 heterocycles. The molecule has 2 rings (SSSR count). The van der Waals surface area contributed by atoms with Crippen molar-refractivity contribution in [1.82, 2.24) is 5.32 Å². The summed E-state index contributed by atoms with van der Waals surface area (Å²) in [5.74, 6) is 2.52. The maximum atomic E-state index is 5.71. The normalized spacial score (nSPS) is 14.5. The average molecular weight is 263 g/mol. The van der Waals surface area contributed by atoms with Gasteiger partial charge in [0.25, 0.3) is 0 Å². The van der Waals surface area contributed by atoms with Gasteiger partial charge in [-0.15, -0.1) is 0 Å². The Morgan fingerprint density at radius 1 is 1.16 bits per heavy atom. The average Bonchev–Trinajstić information content (AvgIpc) is 2.62. The lowest BCUT2D eigenvalue weighted by atomic mass is 10.1. The molecule has 0 atom stereocenters. The summed E-state index contributed by atoms with van der Waals surface area (Å²) in [7, 11) is 0. The Labute approximate surface area is 116 Å². The van der Waals surface area contributed by atoms with E-state index < -0.39 is 0 Å². The number of aryl methyl sites for hydroxylation is 1. The lowest BCUT2D eigenvalue weighted by Gasteiger charge is -2.10. The third-order valence-electron chi connectivity index (χ3n) is 3.18. The summed E-state index contributed by atoms with van der Waals surface area (Å²) < 4.78 is 11.3. The fourth-order valence-corrected chi connectivity index (χ4v) is 2.17. The number of benzene rings is 1. The Morgan fingerprint density at radius 2 is 1.95 bits per heavy atom. The minimum absolute atomic E-state index is 0.720. The topological polar surface area (TPSA) is 30.5 Å². The quantitative estimate of drug-likeness (QED) is 0.800. The molecule has 0 bridgehead atoms. The highest BCUT2D eigenvalue weighted by molar-refractivity contribution is 5.43. The summed E-state index contributed by atoms with van der Waals surface area (Å²) >= 11 is 0. The van der Waals surface area contributed by atoms with Crippen LogP contribution in [0.4, 0.5) is 0 Å². The van der Waals surface area contributed by atoms with Gasteiger partial charge in [0.2, 0.25) is 0 Å². The standard InChI is InChI=1S/C16H25NO2/c1-13(2)12-17-8-3-5-14-6-7-15-16(11-14)19-10-4-9-18-15/h6-7,11,13,17H,3-5,8-10,12H2,1-2H3. The first kappa shape index (κ1) is 14.2. The first-order chi connectivity index (χ1) is 9.25. The SMILES string of the molecule is CC(C)CNCCCc1ccc2c(c1)OCCCO2. The van der Waals surface area contributed by atoms with Crippen LogP contribution in [-0.2, 0) is 6.42 Å². The van der Waals surface area contributed by atoms with Gasteiger partial charge in [0.1, 0.15) is 0 Å². The van der Waals surface area contributed by atoms with Crippen LogP contribution in [0.15, 0.2) is 18.2 Å². The van der Waals surface area contributed by atoms with Crippen molar-refractivity contribution in [3.05, 3.63) is 23.8 Å². The van der Waals surface area contributed by atoms with Gasteiger partial charge in [0.05, 0.1) is 13.2 Å². The van der Waals surface area contributed by atoms with Crippen molar-refractivity contribution < 1.29 is 9.47 Å². The highest BCUT2D eigenvalue weighted by Gasteiger charge is 2.10. The minimum atomic E-state index is 0.720. The predicted octanol–water partition coefficient (Wildman–Crippen LogP) is 3.03. The van der Waals surface area contributed by atoms with Crippen LogP contribution in [0.1, 0.15) is 32.3 Å². The Morgan fingerprint density at radius 3 is 2.74 bits per heavy atom. The molecule has 1 N–H and O–H groups in total.